The first-order valence-electron chi connectivity index (χ1n) is 4.25. The van der Waals surface area contributed by atoms with Crippen LogP contribution in [0, 0.1) is 5.92 Å². The Morgan fingerprint density at radius 3 is 2.79 bits per heavy atom. The fraction of sp³-hybridized carbons (Fsp3) is 0.444. The number of aromatic nitrogens is 2. The van der Waals surface area contributed by atoms with E-state index in [4.69, 9.17) is 5.11 Å². The van der Waals surface area contributed by atoms with Crippen molar-refractivity contribution in [2.24, 2.45) is 5.92 Å². The zero-order valence-electron chi connectivity index (χ0n) is 7.99. The Hall–Kier alpha value is -0.970. The molecule has 14 heavy (non-hydrogen) atoms. The van der Waals surface area contributed by atoms with E-state index in [-0.39, 0.29) is 5.69 Å². The van der Waals surface area contributed by atoms with Gasteiger partial charge in [-0.15, -0.1) is 0 Å². The number of carboxylic acids is 1. The molecule has 0 atom stereocenters. The lowest BCUT2D eigenvalue weighted by atomic mass is 10.1. The first-order valence-corrected chi connectivity index (χ1v) is 5.04. The normalized spacial score (nSPS) is 10.6. The molecule has 0 spiro atoms. The van der Waals surface area contributed by atoms with Gasteiger partial charge in [0.1, 0.15) is 5.82 Å². The predicted octanol–water partition coefficient (Wildman–Crippen LogP) is 2.14. The molecule has 4 nitrogen and oxygen atoms in total. The summed E-state index contributed by atoms with van der Waals surface area (Å²) in [5.41, 5.74) is 0.0238. The van der Waals surface area contributed by atoms with Crippen molar-refractivity contribution in [1.82, 2.24) is 9.97 Å². The second kappa shape index (κ2) is 4.50. The summed E-state index contributed by atoms with van der Waals surface area (Å²) in [6.45, 7) is 4.07. The average Bonchev–Trinajstić information content (AvgIpc) is 2.07. The summed E-state index contributed by atoms with van der Waals surface area (Å²) in [5, 5.41) is 8.80. The maximum atomic E-state index is 10.7. The molecule has 1 heterocycles. The zero-order chi connectivity index (χ0) is 10.7. The second-order valence-electron chi connectivity index (χ2n) is 3.39. The highest BCUT2D eigenvalue weighted by Crippen LogP contribution is 2.14. The third-order valence-corrected chi connectivity index (χ3v) is 2.17. The Bertz CT molecular complexity index is 353. The van der Waals surface area contributed by atoms with Gasteiger partial charge in [-0.2, -0.15) is 0 Å². The molecule has 0 saturated heterocycles. The van der Waals surface area contributed by atoms with Crippen molar-refractivity contribution in [2.45, 2.75) is 20.3 Å². The molecule has 0 aliphatic heterocycles. The van der Waals surface area contributed by atoms with Gasteiger partial charge in [0.25, 0.3) is 0 Å². The third kappa shape index (κ3) is 2.77. The summed E-state index contributed by atoms with van der Waals surface area (Å²) in [6.07, 6.45) is 2.17. The van der Waals surface area contributed by atoms with Crippen LogP contribution in [0.4, 0.5) is 0 Å². The molecular weight excluding hydrogens is 248 g/mol. The van der Waals surface area contributed by atoms with E-state index in [9.17, 15) is 4.79 Å². The minimum absolute atomic E-state index is 0.0238. The molecule has 0 aromatic carbocycles. The van der Waals surface area contributed by atoms with Gasteiger partial charge in [-0.1, -0.05) is 13.8 Å². The van der Waals surface area contributed by atoms with Crippen molar-refractivity contribution in [1.29, 1.82) is 0 Å². The summed E-state index contributed by atoms with van der Waals surface area (Å²) >= 11 is 3.09. The molecular formula is C9H11BrN2O2. The van der Waals surface area contributed by atoms with E-state index in [1.54, 1.807) is 0 Å². The van der Waals surface area contributed by atoms with Crippen LogP contribution in [-0.4, -0.2) is 21.0 Å². The Labute approximate surface area is 90.5 Å². The van der Waals surface area contributed by atoms with E-state index in [1.807, 2.05) is 13.8 Å². The SMILES string of the molecule is CC(C)Cc1ncc(Br)c(C(=O)O)n1. The van der Waals surface area contributed by atoms with Crippen molar-refractivity contribution >= 4 is 21.9 Å². The summed E-state index contributed by atoms with van der Waals surface area (Å²) < 4.78 is 0.414. The average molecular weight is 259 g/mol. The fourth-order valence-electron chi connectivity index (χ4n) is 1.02. The first-order chi connectivity index (χ1) is 6.50. The maximum Gasteiger partial charge on any atom is 0.355 e. The number of hydrogen-bond acceptors (Lipinski definition) is 3. The Kier molecular flexibility index (Phi) is 3.57. The molecule has 1 rings (SSSR count). The summed E-state index contributed by atoms with van der Waals surface area (Å²) in [5.74, 6) is -0.0531. The van der Waals surface area contributed by atoms with Gasteiger partial charge >= 0.3 is 5.97 Å². The second-order valence-corrected chi connectivity index (χ2v) is 4.24. The topological polar surface area (TPSA) is 63.1 Å². The lowest BCUT2D eigenvalue weighted by Crippen LogP contribution is -2.08. The first kappa shape index (κ1) is 11.1. The van der Waals surface area contributed by atoms with Crippen molar-refractivity contribution < 1.29 is 9.90 Å². The standard InChI is InChI=1S/C9H11BrN2O2/c1-5(2)3-7-11-4-6(10)8(12-7)9(13)14/h4-5H,3H2,1-2H3,(H,13,14). The van der Waals surface area contributed by atoms with Crippen LogP contribution in [0.1, 0.15) is 30.2 Å². The van der Waals surface area contributed by atoms with Gasteiger partial charge in [0.05, 0.1) is 4.47 Å². The molecule has 0 amide bonds. The lowest BCUT2D eigenvalue weighted by Gasteiger charge is -2.04. The number of nitrogens with zero attached hydrogens (tertiary/aromatic N) is 2. The van der Waals surface area contributed by atoms with E-state index in [2.05, 4.69) is 25.9 Å². The lowest BCUT2D eigenvalue weighted by molar-refractivity contribution is 0.0688. The van der Waals surface area contributed by atoms with Crippen molar-refractivity contribution in [3.8, 4) is 0 Å². The van der Waals surface area contributed by atoms with Gasteiger partial charge in [-0.3, -0.25) is 0 Å². The van der Waals surface area contributed by atoms with Gasteiger partial charge in [-0.05, 0) is 21.8 Å². The molecule has 0 aliphatic rings. The van der Waals surface area contributed by atoms with Crippen LogP contribution in [0.3, 0.4) is 0 Å². The number of carbonyl (C=O) groups is 1. The van der Waals surface area contributed by atoms with Gasteiger partial charge in [-0.25, -0.2) is 14.8 Å². The Morgan fingerprint density at radius 1 is 1.64 bits per heavy atom. The van der Waals surface area contributed by atoms with E-state index in [1.165, 1.54) is 6.20 Å². The quantitative estimate of drug-likeness (QED) is 0.903. The van der Waals surface area contributed by atoms with Crippen LogP contribution in [0.25, 0.3) is 0 Å². The van der Waals surface area contributed by atoms with Crippen LogP contribution in [0.15, 0.2) is 10.7 Å². The van der Waals surface area contributed by atoms with E-state index in [0.29, 0.717) is 22.6 Å². The van der Waals surface area contributed by atoms with Gasteiger partial charge < -0.3 is 5.11 Å². The molecule has 0 saturated carbocycles. The summed E-state index contributed by atoms with van der Waals surface area (Å²) in [4.78, 5) is 18.7. The number of halogens is 1. The van der Waals surface area contributed by atoms with Gasteiger partial charge in [0.15, 0.2) is 5.69 Å². The highest BCUT2D eigenvalue weighted by atomic mass is 79.9. The number of aromatic carboxylic acids is 1. The van der Waals surface area contributed by atoms with Crippen LogP contribution >= 0.6 is 15.9 Å². The van der Waals surface area contributed by atoms with Gasteiger partial charge in [0.2, 0.25) is 0 Å². The van der Waals surface area contributed by atoms with Crippen molar-refractivity contribution in [2.75, 3.05) is 0 Å². The minimum atomic E-state index is -1.04. The zero-order valence-corrected chi connectivity index (χ0v) is 9.58. The molecule has 0 bridgehead atoms. The van der Waals surface area contributed by atoms with Crippen LogP contribution in [0.2, 0.25) is 0 Å². The third-order valence-electron chi connectivity index (χ3n) is 1.59. The van der Waals surface area contributed by atoms with Crippen molar-refractivity contribution in [3.63, 3.8) is 0 Å². The molecule has 1 aromatic heterocycles. The Balaban J connectivity index is 3.00. The van der Waals surface area contributed by atoms with E-state index < -0.39 is 5.97 Å². The highest BCUT2D eigenvalue weighted by molar-refractivity contribution is 9.10. The fourth-order valence-corrected chi connectivity index (χ4v) is 1.38. The molecule has 1 N–H and O–H groups in total. The number of rotatable bonds is 3. The molecule has 76 valence electrons. The Morgan fingerprint density at radius 2 is 2.29 bits per heavy atom. The number of hydrogen-bond donors (Lipinski definition) is 1. The largest absolute Gasteiger partial charge is 0.476 e. The highest BCUT2D eigenvalue weighted by Gasteiger charge is 2.12. The molecule has 0 unspecified atom stereocenters. The van der Waals surface area contributed by atoms with Crippen molar-refractivity contribution in [3.05, 3.63) is 22.2 Å². The van der Waals surface area contributed by atoms with E-state index >= 15 is 0 Å². The van der Waals surface area contributed by atoms with Crippen LogP contribution in [-0.2, 0) is 6.42 Å². The molecule has 0 fully saturated rings. The minimum Gasteiger partial charge on any atom is -0.476 e. The van der Waals surface area contributed by atoms with Gasteiger partial charge in [0, 0.05) is 12.6 Å². The maximum absolute atomic E-state index is 10.7. The molecule has 0 aliphatic carbocycles. The van der Waals surface area contributed by atoms with E-state index in [0.717, 1.165) is 0 Å². The monoisotopic (exact) mass is 258 g/mol. The molecule has 1 aromatic rings. The predicted molar refractivity (Wildman–Crippen MR) is 55.2 cm³/mol. The van der Waals surface area contributed by atoms with Crippen LogP contribution < -0.4 is 0 Å². The molecule has 0 radical (unpaired) electrons. The molecule has 5 heteroatoms. The number of carboxylic acid groups (broad SMARTS) is 1. The van der Waals surface area contributed by atoms with Crippen LogP contribution in [0.5, 0.6) is 0 Å². The smallest absolute Gasteiger partial charge is 0.355 e. The summed E-state index contributed by atoms with van der Waals surface area (Å²) in [6, 6.07) is 0. The summed E-state index contributed by atoms with van der Waals surface area (Å²) in [7, 11) is 0.